The maximum atomic E-state index is 14.7. The van der Waals surface area contributed by atoms with Gasteiger partial charge in [-0.1, -0.05) is 0 Å². The van der Waals surface area contributed by atoms with Crippen molar-refractivity contribution in [1.82, 2.24) is 30.0 Å². The normalized spacial score (nSPS) is 21.3. The number of aromatic amines is 1. The Morgan fingerprint density at radius 3 is 2.70 bits per heavy atom. The van der Waals surface area contributed by atoms with Crippen LogP contribution in [0.15, 0.2) is 24.5 Å². The SMILES string of the molecule is CC1CCCCN1c1cc(-c2c(F)cnn2C)nc2c1N(CC(F)F)N(C)C2c1ccn[nH]1. The predicted octanol–water partition coefficient (Wildman–Crippen LogP) is 3.74. The Kier molecular flexibility index (Phi) is 5.51. The van der Waals surface area contributed by atoms with E-state index in [1.165, 1.54) is 4.68 Å². The number of pyridine rings is 1. The fraction of sp³-hybridized carbons (Fsp3) is 0.500. The third-order valence-electron chi connectivity index (χ3n) is 6.65. The number of hydrazine groups is 1. The number of halogens is 3. The van der Waals surface area contributed by atoms with E-state index in [1.807, 2.05) is 6.07 Å². The van der Waals surface area contributed by atoms with E-state index < -0.39 is 24.8 Å². The van der Waals surface area contributed by atoms with Gasteiger partial charge in [-0.15, -0.1) is 0 Å². The maximum absolute atomic E-state index is 14.7. The average molecular weight is 461 g/mol. The summed E-state index contributed by atoms with van der Waals surface area (Å²) in [5.74, 6) is -0.475. The number of piperidine rings is 1. The van der Waals surface area contributed by atoms with E-state index in [4.69, 9.17) is 4.98 Å². The Balaban J connectivity index is 1.77. The molecule has 0 spiro atoms. The van der Waals surface area contributed by atoms with Crippen molar-refractivity contribution in [2.75, 3.05) is 30.0 Å². The number of aryl methyl sites for hydroxylation is 1. The van der Waals surface area contributed by atoms with Crippen LogP contribution in [-0.4, -0.2) is 62.6 Å². The smallest absolute Gasteiger partial charge is 0.257 e. The summed E-state index contributed by atoms with van der Waals surface area (Å²) in [5, 5.41) is 14.4. The second-order valence-electron chi connectivity index (χ2n) is 8.72. The summed E-state index contributed by atoms with van der Waals surface area (Å²) in [5.41, 5.74) is 3.43. The van der Waals surface area contributed by atoms with Gasteiger partial charge in [-0.3, -0.25) is 14.8 Å². The van der Waals surface area contributed by atoms with Gasteiger partial charge in [-0.05, 0) is 38.3 Å². The van der Waals surface area contributed by atoms with Gasteiger partial charge in [-0.25, -0.2) is 23.2 Å². The third kappa shape index (κ3) is 3.64. The highest BCUT2D eigenvalue weighted by molar-refractivity contribution is 5.81. The van der Waals surface area contributed by atoms with Crippen LogP contribution in [0.2, 0.25) is 0 Å². The second kappa shape index (κ2) is 8.36. The molecule has 5 rings (SSSR count). The van der Waals surface area contributed by atoms with E-state index in [9.17, 15) is 13.2 Å². The minimum absolute atomic E-state index is 0.222. The van der Waals surface area contributed by atoms with Gasteiger partial charge in [0.15, 0.2) is 5.82 Å². The predicted molar refractivity (Wildman–Crippen MR) is 119 cm³/mol. The monoisotopic (exact) mass is 460 g/mol. The summed E-state index contributed by atoms with van der Waals surface area (Å²) >= 11 is 0. The van der Waals surface area contributed by atoms with Gasteiger partial charge >= 0.3 is 0 Å². The number of nitrogens with one attached hydrogen (secondary N) is 1. The van der Waals surface area contributed by atoms with Gasteiger partial charge in [0, 0.05) is 32.9 Å². The van der Waals surface area contributed by atoms with E-state index in [-0.39, 0.29) is 11.7 Å². The molecule has 11 heteroatoms. The van der Waals surface area contributed by atoms with Crippen LogP contribution in [-0.2, 0) is 7.05 Å². The number of nitrogens with zero attached hydrogens (tertiary/aromatic N) is 7. The van der Waals surface area contributed by atoms with Crippen LogP contribution in [0, 0.1) is 5.82 Å². The topological polar surface area (TPSA) is 69.1 Å². The Bertz CT molecular complexity index is 1110. The molecule has 3 aromatic rings. The van der Waals surface area contributed by atoms with Crippen LogP contribution in [0.4, 0.5) is 24.5 Å². The quantitative estimate of drug-likeness (QED) is 0.626. The number of fused-ring (bicyclic) bond motifs is 1. The molecule has 2 aliphatic rings. The molecule has 5 heterocycles. The first-order valence-electron chi connectivity index (χ1n) is 11.1. The summed E-state index contributed by atoms with van der Waals surface area (Å²) in [6, 6.07) is 3.39. The largest absolute Gasteiger partial charge is 0.367 e. The van der Waals surface area contributed by atoms with Gasteiger partial charge < -0.3 is 4.90 Å². The van der Waals surface area contributed by atoms with E-state index in [2.05, 4.69) is 27.1 Å². The Labute approximate surface area is 190 Å². The second-order valence-corrected chi connectivity index (χ2v) is 8.72. The molecule has 3 aromatic heterocycles. The number of hydrogen-bond donors (Lipinski definition) is 1. The van der Waals surface area contributed by atoms with Crippen molar-refractivity contribution in [1.29, 1.82) is 0 Å². The number of anilines is 2. The molecular formula is C22H27F3N8. The van der Waals surface area contributed by atoms with Gasteiger partial charge in [0.2, 0.25) is 0 Å². The number of rotatable bonds is 5. The van der Waals surface area contributed by atoms with Crippen molar-refractivity contribution in [3.63, 3.8) is 0 Å². The lowest BCUT2D eigenvalue weighted by Gasteiger charge is -2.38. The van der Waals surface area contributed by atoms with Crippen LogP contribution < -0.4 is 9.91 Å². The first-order valence-corrected chi connectivity index (χ1v) is 11.1. The van der Waals surface area contributed by atoms with Gasteiger partial charge in [0.1, 0.15) is 11.7 Å². The summed E-state index contributed by atoms with van der Waals surface area (Å²) in [6.45, 7) is 2.47. The molecule has 0 saturated carbocycles. The van der Waals surface area contributed by atoms with Gasteiger partial charge in [0.05, 0.1) is 41.2 Å². The highest BCUT2D eigenvalue weighted by atomic mass is 19.3. The van der Waals surface area contributed by atoms with Crippen molar-refractivity contribution in [3.8, 4) is 11.4 Å². The highest BCUT2D eigenvalue weighted by Crippen LogP contribution is 2.49. The van der Waals surface area contributed by atoms with Crippen molar-refractivity contribution < 1.29 is 13.2 Å². The summed E-state index contributed by atoms with van der Waals surface area (Å²) in [4.78, 5) is 7.08. The lowest BCUT2D eigenvalue weighted by atomic mass is 10.0. The molecule has 2 unspecified atom stereocenters. The fourth-order valence-corrected chi connectivity index (χ4v) is 5.09. The lowest BCUT2D eigenvalue weighted by Crippen LogP contribution is -2.42. The van der Waals surface area contributed by atoms with E-state index in [0.29, 0.717) is 17.1 Å². The molecule has 0 amide bonds. The number of H-pyrrole nitrogens is 1. The van der Waals surface area contributed by atoms with Crippen LogP contribution in [0.25, 0.3) is 11.4 Å². The first-order chi connectivity index (χ1) is 15.9. The molecule has 1 saturated heterocycles. The van der Waals surface area contributed by atoms with E-state index >= 15 is 0 Å². The Morgan fingerprint density at radius 1 is 1.24 bits per heavy atom. The zero-order valence-electron chi connectivity index (χ0n) is 18.8. The molecule has 0 radical (unpaired) electrons. The molecule has 0 aliphatic carbocycles. The summed E-state index contributed by atoms with van der Waals surface area (Å²) in [6.07, 6.45) is 3.37. The highest BCUT2D eigenvalue weighted by Gasteiger charge is 2.42. The molecule has 1 N–H and O–H groups in total. The van der Waals surface area contributed by atoms with Crippen molar-refractivity contribution in [3.05, 3.63) is 41.7 Å². The third-order valence-corrected chi connectivity index (χ3v) is 6.65. The van der Waals surface area contributed by atoms with Crippen molar-refractivity contribution >= 4 is 11.4 Å². The molecule has 176 valence electrons. The Morgan fingerprint density at radius 2 is 2.06 bits per heavy atom. The molecule has 33 heavy (non-hydrogen) atoms. The maximum Gasteiger partial charge on any atom is 0.257 e. The molecule has 2 aliphatic heterocycles. The molecule has 2 atom stereocenters. The summed E-state index contributed by atoms with van der Waals surface area (Å²) in [7, 11) is 3.43. The molecule has 1 fully saturated rings. The fourth-order valence-electron chi connectivity index (χ4n) is 5.09. The Hall–Kier alpha value is -3.08. The number of hydrogen-bond acceptors (Lipinski definition) is 6. The first kappa shape index (κ1) is 21.7. The zero-order valence-corrected chi connectivity index (χ0v) is 18.8. The van der Waals surface area contributed by atoms with E-state index in [1.54, 1.807) is 36.4 Å². The van der Waals surface area contributed by atoms with Crippen LogP contribution in [0.1, 0.15) is 43.6 Å². The lowest BCUT2D eigenvalue weighted by molar-refractivity contribution is 0.130. The average Bonchev–Trinajstić information content (AvgIpc) is 3.47. The summed E-state index contributed by atoms with van der Waals surface area (Å²) < 4.78 is 43.6. The molecule has 0 bridgehead atoms. The van der Waals surface area contributed by atoms with Crippen molar-refractivity contribution in [2.45, 2.75) is 44.7 Å². The number of aromatic nitrogens is 5. The van der Waals surface area contributed by atoms with Gasteiger partial charge in [-0.2, -0.15) is 10.2 Å². The standard InChI is InChI=1S/C22H27F3N8/c1-13-6-4-5-9-32(13)17-10-16(20-14(23)11-27-30(20)2)28-19-21(15-7-8-26-29-15)31(3)33(22(17)19)12-18(24)25/h7-8,10-11,13,18,21H,4-6,9,12H2,1-3H3,(H,26,29). The van der Waals surface area contributed by atoms with Crippen LogP contribution in [0.5, 0.6) is 0 Å². The van der Waals surface area contributed by atoms with Crippen molar-refractivity contribution in [2.24, 2.45) is 7.05 Å². The van der Waals surface area contributed by atoms with Crippen LogP contribution in [0.3, 0.4) is 0 Å². The minimum Gasteiger partial charge on any atom is -0.367 e. The minimum atomic E-state index is -2.54. The van der Waals surface area contributed by atoms with Gasteiger partial charge in [0.25, 0.3) is 6.43 Å². The zero-order chi connectivity index (χ0) is 23.3. The number of alkyl halides is 2. The molecule has 8 nitrogen and oxygen atoms in total. The van der Waals surface area contributed by atoms with Crippen LogP contribution >= 0.6 is 0 Å². The molecular weight excluding hydrogens is 433 g/mol. The van der Waals surface area contributed by atoms with E-state index in [0.717, 1.165) is 43.4 Å². The molecule has 0 aromatic carbocycles.